The molecule has 1 unspecified atom stereocenters. The molecule has 3 nitrogen and oxygen atoms in total. The van der Waals surface area contributed by atoms with E-state index in [9.17, 15) is 0 Å². The normalized spacial score (nSPS) is 38.8. The van der Waals surface area contributed by atoms with Crippen LogP contribution < -0.4 is 5.32 Å². The minimum atomic E-state index is 0.335. The summed E-state index contributed by atoms with van der Waals surface area (Å²) in [6.45, 7) is 8.82. The molecule has 2 saturated heterocycles. The largest absolute Gasteiger partial charge is 0.379 e. The Morgan fingerprint density at radius 2 is 2.08 bits per heavy atom. The highest BCUT2D eigenvalue weighted by atomic mass is 16.5. The van der Waals surface area contributed by atoms with Crippen molar-refractivity contribution in [2.45, 2.75) is 18.9 Å². The molecule has 2 heterocycles. The van der Waals surface area contributed by atoms with Gasteiger partial charge in [-0.05, 0) is 13.3 Å². The van der Waals surface area contributed by atoms with E-state index in [1.54, 1.807) is 0 Å². The van der Waals surface area contributed by atoms with Crippen LogP contribution in [0.15, 0.2) is 0 Å². The first-order chi connectivity index (χ1) is 5.81. The Hall–Kier alpha value is -0.120. The molecule has 0 aromatic carbocycles. The number of piperazine rings is 1. The highest BCUT2D eigenvalue weighted by molar-refractivity contribution is 4.91. The highest BCUT2D eigenvalue weighted by Gasteiger charge is 2.36. The Labute approximate surface area is 74.1 Å². The summed E-state index contributed by atoms with van der Waals surface area (Å²) in [7, 11) is 0. The molecule has 0 aliphatic carbocycles. The standard InChI is InChI=1S/C9H18N2O/c1-9(2-7-12-8-9)11-5-3-10-4-6-11/h10H,2-8H2,1H3. The van der Waals surface area contributed by atoms with Crippen molar-refractivity contribution in [3.05, 3.63) is 0 Å². The summed E-state index contributed by atoms with van der Waals surface area (Å²) in [6, 6.07) is 0. The molecule has 0 amide bonds. The summed E-state index contributed by atoms with van der Waals surface area (Å²) in [5.74, 6) is 0. The molecule has 2 aliphatic heterocycles. The van der Waals surface area contributed by atoms with Gasteiger partial charge in [-0.25, -0.2) is 0 Å². The summed E-state index contributed by atoms with van der Waals surface area (Å²) in [6.07, 6.45) is 1.20. The van der Waals surface area contributed by atoms with Gasteiger partial charge in [0, 0.05) is 38.3 Å². The average Bonchev–Trinajstić information content (AvgIpc) is 2.55. The van der Waals surface area contributed by atoms with Crippen molar-refractivity contribution < 1.29 is 4.74 Å². The Morgan fingerprint density at radius 1 is 1.33 bits per heavy atom. The Bertz CT molecular complexity index is 149. The molecule has 0 spiro atoms. The van der Waals surface area contributed by atoms with Gasteiger partial charge in [0.25, 0.3) is 0 Å². The molecule has 1 atom stereocenters. The highest BCUT2D eigenvalue weighted by Crippen LogP contribution is 2.25. The van der Waals surface area contributed by atoms with Crippen LogP contribution in [0.2, 0.25) is 0 Å². The van der Waals surface area contributed by atoms with Crippen LogP contribution in [0, 0.1) is 0 Å². The molecular weight excluding hydrogens is 152 g/mol. The second-order valence-electron chi connectivity index (χ2n) is 4.04. The molecule has 2 rings (SSSR count). The fourth-order valence-corrected chi connectivity index (χ4v) is 2.11. The number of nitrogens with one attached hydrogen (secondary N) is 1. The zero-order valence-corrected chi connectivity index (χ0v) is 7.81. The van der Waals surface area contributed by atoms with Gasteiger partial charge in [0.05, 0.1) is 6.61 Å². The van der Waals surface area contributed by atoms with Crippen molar-refractivity contribution in [1.29, 1.82) is 0 Å². The van der Waals surface area contributed by atoms with Crippen LogP contribution in [0.4, 0.5) is 0 Å². The second kappa shape index (κ2) is 3.32. The minimum Gasteiger partial charge on any atom is -0.379 e. The number of hydrogen-bond donors (Lipinski definition) is 1. The monoisotopic (exact) mass is 170 g/mol. The fourth-order valence-electron chi connectivity index (χ4n) is 2.11. The maximum atomic E-state index is 5.45. The lowest BCUT2D eigenvalue weighted by Gasteiger charge is -2.39. The molecular formula is C9H18N2O. The molecule has 0 saturated carbocycles. The van der Waals surface area contributed by atoms with Crippen molar-refractivity contribution >= 4 is 0 Å². The van der Waals surface area contributed by atoms with E-state index in [-0.39, 0.29) is 0 Å². The molecule has 3 heteroatoms. The third-order valence-corrected chi connectivity index (χ3v) is 3.08. The summed E-state index contributed by atoms with van der Waals surface area (Å²) >= 11 is 0. The Balaban J connectivity index is 1.96. The maximum Gasteiger partial charge on any atom is 0.0648 e. The summed E-state index contributed by atoms with van der Waals surface area (Å²) in [5, 5.41) is 3.37. The van der Waals surface area contributed by atoms with E-state index in [2.05, 4.69) is 17.1 Å². The lowest BCUT2D eigenvalue weighted by Crippen LogP contribution is -2.55. The van der Waals surface area contributed by atoms with Crippen molar-refractivity contribution in [2.24, 2.45) is 0 Å². The Kier molecular flexibility index (Phi) is 2.35. The summed E-state index contributed by atoms with van der Waals surface area (Å²) < 4.78 is 5.45. The van der Waals surface area contributed by atoms with E-state index >= 15 is 0 Å². The number of ether oxygens (including phenoxy) is 1. The predicted molar refractivity (Wildman–Crippen MR) is 48.3 cm³/mol. The second-order valence-corrected chi connectivity index (χ2v) is 4.04. The van der Waals surface area contributed by atoms with E-state index in [1.165, 1.54) is 19.5 Å². The van der Waals surface area contributed by atoms with Crippen LogP contribution in [0.25, 0.3) is 0 Å². The third kappa shape index (κ3) is 1.49. The Morgan fingerprint density at radius 3 is 2.67 bits per heavy atom. The van der Waals surface area contributed by atoms with Crippen LogP contribution in [0.3, 0.4) is 0 Å². The molecule has 1 N–H and O–H groups in total. The molecule has 0 bridgehead atoms. The first-order valence-corrected chi connectivity index (χ1v) is 4.85. The van der Waals surface area contributed by atoms with Gasteiger partial charge in [-0.3, -0.25) is 4.90 Å². The quantitative estimate of drug-likeness (QED) is 0.603. The van der Waals surface area contributed by atoms with E-state index in [0.29, 0.717) is 5.54 Å². The predicted octanol–water partition coefficient (Wildman–Crippen LogP) is 0.0706. The molecule has 2 aliphatic rings. The van der Waals surface area contributed by atoms with Gasteiger partial charge < -0.3 is 10.1 Å². The SMILES string of the molecule is CC1(N2CCNCC2)CCOC1. The third-order valence-electron chi connectivity index (χ3n) is 3.08. The maximum absolute atomic E-state index is 5.45. The van der Waals surface area contributed by atoms with Crippen LogP contribution in [0.5, 0.6) is 0 Å². The summed E-state index contributed by atoms with van der Waals surface area (Å²) in [4.78, 5) is 2.57. The number of nitrogens with zero attached hydrogens (tertiary/aromatic N) is 1. The van der Waals surface area contributed by atoms with Crippen LogP contribution >= 0.6 is 0 Å². The zero-order valence-electron chi connectivity index (χ0n) is 7.81. The van der Waals surface area contributed by atoms with Crippen molar-refractivity contribution in [3.63, 3.8) is 0 Å². The first-order valence-electron chi connectivity index (χ1n) is 4.85. The van der Waals surface area contributed by atoms with Crippen molar-refractivity contribution in [3.8, 4) is 0 Å². The molecule has 0 radical (unpaired) electrons. The van der Waals surface area contributed by atoms with E-state index in [4.69, 9.17) is 4.74 Å². The van der Waals surface area contributed by atoms with Gasteiger partial charge in [0.1, 0.15) is 0 Å². The van der Waals surface area contributed by atoms with Gasteiger partial charge >= 0.3 is 0 Å². The van der Waals surface area contributed by atoms with Gasteiger partial charge in [0.2, 0.25) is 0 Å². The van der Waals surface area contributed by atoms with Gasteiger partial charge in [-0.1, -0.05) is 0 Å². The number of rotatable bonds is 1. The summed E-state index contributed by atoms with van der Waals surface area (Å²) in [5.41, 5.74) is 0.335. The van der Waals surface area contributed by atoms with Crippen LogP contribution in [-0.4, -0.2) is 49.8 Å². The molecule has 0 aromatic heterocycles. The lowest BCUT2D eigenvalue weighted by molar-refractivity contribution is 0.0690. The average molecular weight is 170 g/mol. The topological polar surface area (TPSA) is 24.5 Å². The van der Waals surface area contributed by atoms with Gasteiger partial charge in [0.15, 0.2) is 0 Å². The molecule has 12 heavy (non-hydrogen) atoms. The van der Waals surface area contributed by atoms with Crippen LogP contribution in [-0.2, 0) is 4.74 Å². The van der Waals surface area contributed by atoms with Crippen LogP contribution in [0.1, 0.15) is 13.3 Å². The lowest BCUT2D eigenvalue weighted by atomic mass is 9.98. The molecule has 0 aromatic rings. The minimum absolute atomic E-state index is 0.335. The van der Waals surface area contributed by atoms with E-state index in [1.807, 2.05) is 0 Å². The van der Waals surface area contributed by atoms with Crippen molar-refractivity contribution in [2.75, 3.05) is 39.4 Å². The molecule has 70 valence electrons. The van der Waals surface area contributed by atoms with Gasteiger partial charge in [-0.2, -0.15) is 0 Å². The fraction of sp³-hybridized carbons (Fsp3) is 1.00. The first kappa shape index (κ1) is 8.48. The molecule has 2 fully saturated rings. The van der Waals surface area contributed by atoms with E-state index in [0.717, 1.165) is 26.3 Å². The van der Waals surface area contributed by atoms with Crippen molar-refractivity contribution in [1.82, 2.24) is 10.2 Å². The smallest absolute Gasteiger partial charge is 0.0648 e. The zero-order chi connectivity index (χ0) is 8.44. The van der Waals surface area contributed by atoms with E-state index < -0.39 is 0 Å². The number of hydrogen-bond acceptors (Lipinski definition) is 3. The van der Waals surface area contributed by atoms with Gasteiger partial charge in [-0.15, -0.1) is 0 Å².